The lowest BCUT2D eigenvalue weighted by Gasteiger charge is -2.38. The largest absolute Gasteiger partial charge is 0.369 e. The zero-order chi connectivity index (χ0) is 20.5. The molecule has 0 N–H and O–H groups in total. The number of nitrogens with zero attached hydrogens (tertiary/aromatic N) is 3. The third kappa shape index (κ3) is 4.17. The van der Waals surface area contributed by atoms with E-state index in [1.807, 2.05) is 24.3 Å². The van der Waals surface area contributed by atoms with Crippen molar-refractivity contribution in [2.75, 3.05) is 51.3 Å². The van der Waals surface area contributed by atoms with E-state index in [0.717, 1.165) is 10.2 Å². The number of hydrogen-bond acceptors (Lipinski definition) is 4. The molecule has 28 heavy (non-hydrogen) atoms. The number of ether oxygens (including phenoxy) is 1. The summed E-state index contributed by atoms with van der Waals surface area (Å²) in [5, 5.41) is 0. The second-order valence-electron chi connectivity index (χ2n) is 7.91. The van der Waals surface area contributed by atoms with Crippen LogP contribution in [0.3, 0.4) is 0 Å². The lowest BCUT2D eigenvalue weighted by atomic mass is 10.0. The minimum Gasteiger partial charge on any atom is -0.369 e. The first kappa shape index (κ1) is 21.0. The Morgan fingerprint density at radius 2 is 1.68 bits per heavy atom. The summed E-state index contributed by atoms with van der Waals surface area (Å²) in [6, 6.07) is 8.01. The molecule has 1 aromatic carbocycles. The zero-order valence-corrected chi connectivity index (χ0v) is 18.2. The van der Waals surface area contributed by atoms with Gasteiger partial charge in [0.25, 0.3) is 11.8 Å². The summed E-state index contributed by atoms with van der Waals surface area (Å²) in [4.78, 5) is 30.5. The molecule has 1 aromatic rings. The minimum atomic E-state index is -2.01. The van der Waals surface area contributed by atoms with E-state index in [-0.39, 0.29) is 25.4 Å². The van der Waals surface area contributed by atoms with Crippen LogP contribution >= 0.6 is 15.9 Å². The number of alkyl halides is 1. The van der Waals surface area contributed by atoms with E-state index in [1.54, 1.807) is 18.7 Å². The van der Waals surface area contributed by atoms with Crippen molar-refractivity contribution in [2.24, 2.45) is 0 Å². The molecule has 2 amide bonds. The van der Waals surface area contributed by atoms with Gasteiger partial charge < -0.3 is 19.4 Å². The molecule has 0 aliphatic carbocycles. The van der Waals surface area contributed by atoms with Crippen molar-refractivity contribution < 1.29 is 18.7 Å². The predicted molar refractivity (Wildman–Crippen MR) is 109 cm³/mol. The maximum Gasteiger partial charge on any atom is 0.262 e. The van der Waals surface area contributed by atoms with Gasteiger partial charge in [-0.3, -0.25) is 9.59 Å². The first-order chi connectivity index (χ1) is 13.2. The number of carbonyl (C=O) groups is 2. The van der Waals surface area contributed by atoms with Crippen LogP contribution in [0.25, 0.3) is 0 Å². The monoisotopic (exact) mass is 455 g/mol. The minimum absolute atomic E-state index is 0.0320. The van der Waals surface area contributed by atoms with Gasteiger partial charge in [0.2, 0.25) is 5.67 Å². The number of anilines is 1. The van der Waals surface area contributed by atoms with E-state index in [2.05, 4.69) is 20.8 Å². The molecule has 2 heterocycles. The maximum absolute atomic E-state index is 15.4. The molecule has 0 aromatic heterocycles. The maximum atomic E-state index is 15.4. The van der Waals surface area contributed by atoms with Gasteiger partial charge in [-0.05, 0) is 38.1 Å². The summed E-state index contributed by atoms with van der Waals surface area (Å²) in [5.74, 6) is -0.795. The number of likely N-dealkylation sites (tertiary alicyclic amines) is 1. The summed E-state index contributed by atoms with van der Waals surface area (Å²) >= 11 is 3.42. The van der Waals surface area contributed by atoms with Crippen LogP contribution in [0, 0.1) is 0 Å². The van der Waals surface area contributed by atoms with Crippen LogP contribution in [0.15, 0.2) is 28.7 Å². The Morgan fingerprint density at radius 3 is 2.25 bits per heavy atom. The molecule has 0 radical (unpaired) electrons. The van der Waals surface area contributed by atoms with Crippen LogP contribution in [0.2, 0.25) is 0 Å². The molecule has 2 fully saturated rings. The molecule has 0 bridgehead atoms. The zero-order valence-electron chi connectivity index (χ0n) is 16.6. The van der Waals surface area contributed by atoms with Crippen molar-refractivity contribution in [2.45, 2.75) is 31.5 Å². The van der Waals surface area contributed by atoms with Gasteiger partial charge in [-0.2, -0.15) is 0 Å². The van der Waals surface area contributed by atoms with E-state index in [0.29, 0.717) is 26.2 Å². The van der Waals surface area contributed by atoms with Gasteiger partial charge in [-0.15, -0.1) is 0 Å². The van der Waals surface area contributed by atoms with E-state index in [1.165, 1.54) is 12.0 Å². The third-order valence-corrected chi connectivity index (χ3v) is 6.20. The highest BCUT2D eigenvalue weighted by Crippen LogP contribution is 2.31. The normalized spacial score (nSPS) is 23.2. The van der Waals surface area contributed by atoms with Crippen molar-refractivity contribution >= 4 is 33.4 Å². The Balaban J connectivity index is 1.59. The smallest absolute Gasteiger partial charge is 0.262 e. The average molecular weight is 456 g/mol. The first-order valence-electron chi connectivity index (χ1n) is 9.50. The third-order valence-electron chi connectivity index (χ3n) is 5.67. The van der Waals surface area contributed by atoms with Gasteiger partial charge in [0.15, 0.2) is 0 Å². The predicted octanol–water partition coefficient (Wildman–Crippen LogP) is 2.46. The van der Waals surface area contributed by atoms with E-state index >= 15 is 4.39 Å². The van der Waals surface area contributed by atoms with Gasteiger partial charge in [-0.1, -0.05) is 15.9 Å². The van der Waals surface area contributed by atoms with Crippen LogP contribution in [0.5, 0.6) is 0 Å². The molecule has 3 rings (SSSR count). The van der Waals surface area contributed by atoms with Crippen molar-refractivity contribution in [1.82, 2.24) is 9.80 Å². The number of piperazine rings is 1. The van der Waals surface area contributed by atoms with Crippen molar-refractivity contribution in [1.29, 1.82) is 0 Å². The molecule has 0 spiro atoms. The number of rotatable bonds is 4. The van der Waals surface area contributed by atoms with Gasteiger partial charge >= 0.3 is 0 Å². The summed E-state index contributed by atoms with van der Waals surface area (Å²) in [6.07, 6.45) is 0.0320. The fourth-order valence-electron chi connectivity index (χ4n) is 3.69. The van der Waals surface area contributed by atoms with E-state index in [9.17, 15) is 9.59 Å². The number of halogens is 2. The van der Waals surface area contributed by atoms with Crippen LogP contribution in [0.1, 0.15) is 20.3 Å². The van der Waals surface area contributed by atoms with Crippen LogP contribution in [-0.2, 0) is 14.3 Å². The SMILES string of the molecule is COC(C)(C)C(=O)N1CCC(F)(C(=O)N2CCN(c3ccc(Br)cc3)CC2)C1. The Labute approximate surface area is 173 Å². The van der Waals surface area contributed by atoms with Gasteiger partial charge in [0, 0.05) is 56.4 Å². The van der Waals surface area contributed by atoms with Crippen LogP contribution in [0.4, 0.5) is 10.1 Å². The quantitative estimate of drug-likeness (QED) is 0.699. The molecule has 2 aliphatic heterocycles. The lowest BCUT2D eigenvalue weighted by Crippen LogP contribution is -2.56. The molecule has 1 atom stereocenters. The summed E-state index contributed by atoms with van der Waals surface area (Å²) < 4.78 is 21.6. The summed E-state index contributed by atoms with van der Waals surface area (Å²) in [5.41, 5.74) is -1.95. The standard InChI is InChI=1S/C20H27BrFN3O3/c1-19(2,28-3)17(26)25-9-8-20(22,14-25)18(27)24-12-10-23(11-13-24)16-6-4-15(21)5-7-16/h4-7H,8-14H2,1-3H3. The van der Waals surface area contributed by atoms with Crippen molar-refractivity contribution in [3.05, 3.63) is 28.7 Å². The molecule has 2 aliphatic rings. The van der Waals surface area contributed by atoms with E-state index < -0.39 is 17.2 Å². The Hall–Kier alpha value is -1.67. The topological polar surface area (TPSA) is 53.1 Å². The Bertz CT molecular complexity index is 735. The van der Waals surface area contributed by atoms with Crippen LogP contribution in [-0.4, -0.2) is 79.3 Å². The summed E-state index contributed by atoms with van der Waals surface area (Å²) in [7, 11) is 1.45. The highest BCUT2D eigenvalue weighted by molar-refractivity contribution is 9.10. The fraction of sp³-hybridized carbons (Fsp3) is 0.600. The molecule has 6 nitrogen and oxygen atoms in total. The molecule has 8 heteroatoms. The number of carbonyl (C=O) groups excluding carboxylic acids is 2. The number of hydrogen-bond donors (Lipinski definition) is 0. The second-order valence-corrected chi connectivity index (χ2v) is 8.83. The summed E-state index contributed by atoms with van der Waals surface area (Å²) in [6.45, 7) is 5.58. The highest BCUT2D eigenvalue weighted by atomic mass is 79.9. The van der Waals surface area contributed by atoms with Crippen molar-refractivity contribution in [3.8, 4) is 0 Å². The molecule has 154 valence electrons. The number of amides is 2. The molecule has 2 saturated heterocycles. The van der Waals surface area contributed by atoms with E-state index in [4.69, 9.17) is 4.74 Å². The molecular weight excluding hydrogens is 429 g/mol. The number of methoxy groups -OCH3 is 1. The van der Waals surface area contributed by atoms with Crippen LogP contribution < -0.4 is 4.90 Å². The van der Waals surface area contributed by atoms with Gasteiger partial charge in [0.1, 0.15) is 5.60 Å². The Morgan fingerprint density at radius 1 is 1.07 bits per heavy atom. The first-order valence-corrected chi connectivity index (χ1v) is 10.3. The average Bonchev–Trinajstić information content (AvgIpc) is 3.11. The highest BCUT2D eigenvalue weighted by Gasteiger charge is 2.50. The molecule has 0 saturated carbocycles. The number of benzene rings is 1. The second kappa shape index (κ2) is 7.99. The fourth-order valence-corrected chi connectivity index (χ4v) is 3.96. The van der Waals surface area contributed by atoms with Gasteiger partial charge in [0.05, 0.1) is 6.54 Å². The van der Waals surface area contributed by atoms with Crippen molar-refractivity contribution in [3.63, 3.8) is 0 Å². The molecular formula is C20H27BrFN3O3. The van der Waals surface area contributed by atoms with Gasteiger partial charge in [-0.25, -0.2) is 4.39 Å². The molecule has 1 unspecified atom stereocenters. The Kier molecular flexibility index (Phi) is 6.00. The lowest BCUT2D eigenvalue weighted by molar-refractivity contribution is -0.151.